The van der Waals surface area contributed by atoms with E-state index in [-0.39, 0.29) is 12.3 Å². The average Bonchev–Trinajstić information content (AvgIpc) is 3.38. The van der Waals surface area contributed by atoms with Crippen molar-refractivity contribution < 1.29 is 9.32 Å². The number of hydrogen-bond acceptors (Lipinski definition) is 8. The summed E-state index contributed by atoms with van der Waals surface area (Å²) in [5, 5.41) is 9.89. The van der Waals surface area contributed by atoms with E-state index in [9.17, 15) is 4.79 Å². The van der Waals surface area contributed by atoms with E-state index in [0.29, 0.717) is 29.0 Å². The number of nitrogens with one attached hydrogen (secondary N) is 2. The molecule has 0 aliphatic carbocycles. The molecule has 3 aromatic heterocycles. The molecule has 0 aliphatic heterocycles. The first kappa shape index (κ1) is 17.7. The van der Waals surface area contributed by atoms with Gasteiger partial charge in [-0.25, -0.2) is 9.97 Å². The molecule has 0 fully saturated rings. The van der Waals surface area contributed by atoms with Crippen molar-refractivity contribution in [2.75, 3.05) is 5.32 Å². The molecule has 1 aromatic carbocycles. The molecule has 4 rings (SSSR count). The molecule has 0 saturated carbocycles. The summed E-state index contributed by atoms with van der Waals surface area (Å²) in [5.74, 6) is 1.43. The van der Waals surface area contributed by atoms with Gasteiger partial charge in [0.1, 0.15) is 0 Å². The molecule has 0 saturated heterocycles. The zero-order chi connectivity index (χ0) is 18.6. The van der Waals surface area contributed by atoms with Crippen LogP contribution < -0.4 is 5.32 Å². The van der Waals surface area contributed by atoms with Gasteiger partial charge in [-0.05, 0) is 24.6 Å². The molecule has 0 atom stereocenters. The smallest absolute Gasteiger partial charge is 0.227 e. The first-order chi connectivity index (χ1) is 13.2. The Balaban J connectivity index is 1.29. The Hall–Kier alpha value is -2.72. The molecule has 3 heterocycles. The number of fused-ring (bicyclic) bond motifs is 1. The zero-order valence-electron chi connectivity index (χ0n) is 14.4. The topological polar surface area (TPSA) is 110 Å². The maximum absolute atomic E-state index is 11.9. The van der Waals surface area contributed by atoms with Crippen molar-refractivity contribution in [3.05, 3.63) is 47.1 Å². The average molecular weight is 400 g/mol. The monoisotopic (exact) mass is 400 g/mol. The van der Waals surface area contributed by atoms with E-state index < -0.39 is 0 Å². The summed E-state index contributed by atoms with van der Waals surface area (Å²) in [7, 11) is 0. The lowest BCUT2D eigenvalue weighted by atomic mass is 10.2. The number of aromatic nitrogens is 5. The molecule has 8 nitrogen and oxygen atoms in total. The van der Waals surface area contributed by atoms with Gasteiger partial charge >= 0.3 is 0 Å². The molecule has 0 radical (unpaired) electrons. The van der Waals surface area contributed by atoms with Crippen molar-refractivity contribution in [2.45, 2.75) is 30.7 Å². The molecule has 0 spiro atoms. The Kier molecular flexibility index (Phi) is 5.16. The van der Waals surface area contributed by atoms with Crippen molar-refractivity contribution in [1.29, 1.82) is 0 Å². The van der Waals surface area contributed by atoms with Gasteiger partial charge < -0.3 is 14.8 Å². The molecule has 0 unspecified atom stereocenters. The second-order valence-corrected chi connectivity index (χ2v) is 7.70. The molecule has 10 heteroatoms. The summed E-state index contributed by atoms with van der Waals surface area (Å²) in [5.41, 5.74) is 3.13. The van der Waals surface area contributed by atoms with E-state index in [1.807, 2.05) is 19.1 Å². The van der Waals surface area contributed by atoms with Gasteiger partial charge in [-0.3, -0.25) is 4.79 Å². The van der Waals surface area contributed by atoms with Gasteiger partial charge in [0.05, 0.1) is 16.8 Å². The van der Waals surface area contributed by atoms with Crippen LogP contribution in [0.3, 0.4) is 0 Å². The van der Waals surface area contributed by atoms with Gasteiger partial charge in [0.25, 0.3) is 0 Å². The summed E-state index contributed by atoms with van der Waals surface area (Å²) in [4.78, 5) is 28.0. The van der Waals surface area contributed by atoms with Crippen molar-refractivity contribution in [3.8, 4) is 0 Å². The van der Waals surface area contributed by atoms with Crippen LogP contribution in [0.2, 0.25) is 0 Å². The van der Waals surface area contributed by atoms with E-state index >= 15 is 0 Å². The number of H-pyrrole nitrogens is 1. The van der Waals surface area contributed by atoms with E-state index in [4.69, 9.17) is 4.52 Å². The highest BCUT2D eigenvalue weighted by molar-refractivity contribution is 7.98. The normalized spacial score (nSPS) is 11.1. The number of carbonyl (C=O) groups is 1. The lowest BCUT2D eigenvalue weighted by molar-refractivity contribution is -0.116. The molecule has 0 bridgehead atoms. The number of aromatic amines is 1. The van der Waals surface area contributed by atoms with E-state index in [2.05, 4.69) is 36.5 Å². The molecule has 1 amide bonds. The summed E-state index contributed by atoms with van der Waals surface area (Å²) < 4.78 is 5.22. The fourth-order valence-electron chi connectivity index (χ4n) is 2.44. The first-order valence-electron chi connectivity index (χ1n) is 8.26. The molecular weight excluding hydrogens is 384 g/mol. The van der Waals surface area contributed by atoms with Crippen LogP contribution in [-0.4, -0.2) is 31.0 Å². The van der Waals surface area contributed by atoms with Crippen molar-refractivity contribution in [1.82, 2.24) is 25.1 Å². The molecule has 27 heavy (non-hydrogen) atoms. The quantitative estimate of drug-likeness (QED) is 0.456. The molecular formula is C17H16N6O2S2. The minimum absolute atomic E-state index is 0.128. The number of aryl methyl sites for hydroxylation is 2. The second kappa shape index (κ2) is 7.89. The maximum Gasteiger partial charge on any atom is 0.227 e. The molecule has 138 valence electrons. The van der Waals surface area contributed by atoms with Gasteiger partial charge in [-0.2, -0.15) is 4.98 Å². The fourth-order valence-corrected chi connectivity index (χ4v) is 3.71. The van der Waals surface area contributed by atoms with Gasteiger partial charge in [0.2, 0.25) is 11.8 Å². The number of anilines is 1. The predicted molar refractivity (Wildman–Crippen MR) is 104 cm³/mol. The van der Waals surface area contributed by atoms with Crippen LogP contribution in [0.1, 0.15) is 23.7 Å². The summed E-state index contributed by atoms with van der Waals surface area (Å²) in [6.07, 6.45) is 2.29. The number of thiazole rings is 1. The van der Waals surface area contributed by atoms with Crippen LogP contribution in [0.15, 0.2) is 39.5 Å². The fraction of sp³-hybridized carbons (Fsp3) is 0.235. The third-order valence-corrected chi connectivity index (χ3v) is 5.27. The summed E-state index contributed by atoms with van der Waals surface area (Å²) in [6, 6.07) is 6.10. The number of nitrogens with zero attached hydrogens (tertiary/aromatic N) is 4. The minimum Gasteiger partial charge on any atom is -0.339 e. The number of imidazole rings is 1. The Bertz CT molecular complexity index is 1060. The van der Waals surface area contributed by atoms with Gasteiger partial charge in [0, 0.05) is 24.4 Å². The molecule has 0 aliphatic rings. The molecule has 2 N–H and O–H groups in total. The van der Waals surface area contributed by atoms with Crippen LogP contribution in [-0.2, 0) is 17.0 Å². The highest BCUT2D eigenvalue weighted by atomic mass is 32.2. The second-order valence-electron chi connectivity index (χ2n) is 5.84. The summed E-state index contributed by atoms with van der Waals surface area (Å²) >= 11 is 2.89. The van der Waals surface area contributed by atoms with E-state index in [0.717, 1.165) is 16.2 Å². The van der Waals surface area contributed by atoms with Crippen LogP contribution >= 0.6 is 23.1 Å². The number of rotatable bonds is 7. The van der Waals surface area contributed by atoms with Crippen LogP contribution in [0.5, 0.6) is 0 Å². The maximum atomic E-state index is 11.9. The Morgan fingerprint density at radius 2 is 2.30 bits per heavy atom. The highest BCUT2D eigenvalue weighted by Crippen LogP contribution is 2.23. The largest absolute Gasteiger partial charge is 0.339 e. The number of hydrogen-bond donors (Lipinski definition) is 2. The number of benzene rings is 1. The molecule has 4 aromatic rings. The van der Waals surface area contributed by atoms with Gasteiger partial charge in [-0.1, -0.05) is 23.0 Å². The zero-order valence-corrected chi connectivity index (χ0v) is 16.1. The van der Waals surface area contributed by atoms with Crippen molar-refractivity contribution >= 4 is 45.2 Å². The lowest BCUT2D eigenvalue weighted by Gasteiger charge is -1.98. The standard InChI is InChI=1S/C17H16N6O2S2/c1-10-2-3-11-12(8-10)20-17(19-11)27-9-13-21-15(25-23-13)5-4-14(24)22-16-18-6-7-26-16/h2-3,6-8H,4-5,9H2,1H3,(H,19,20)(H,18,22,24). The van der Waals surface area contributed by atoms with Crippen LogP contribution in [0.25, 0.3) is 11.0 Å². The first-order valence-corrected chi connectivity index (χ1v) is 10.1. The lowest BCUT2D eigenvalue weighted by Crippen LogP contribution is -2.12. The third kappa shape index (κ3) is 4.52. The Morgan fingerprint density at radius 3 is 3.15 bits per heavy atom. The minimum atomic E-state index is -0.128. The van der Waals surface area contributed by atoms with Crippen molar-refractivity contribution in [3.63, 3.8) is 0 Å². The Morgan fingerprint density at radius 1 is 1.37 bits per heavy atom. The number of carbonyl (C=O) groups excluding carboxylic acids is 1. The number of amides is 1. The predicted octanol–water partition coefficient (Wildman–Crippen LogP) is 3.57. The van der Waals surface area contributed by atoms with Crippen LogP contribution in [0.4, 0.5) is 5.13 Å². The highest BCUT2D eigenvalue weighted by Gasteiger charge is 2.11. The van der Waals surface area contributed by atoms with E-state index in [1.54, 1.807) is 11.6 Å². The van der Waals surface area contributed by atoms with Gasteiger partial charge in [-0.15, -0.1) is 11.3 Å². The van der Waals surface area contributed by atoms with E-state index in [1.165, 1.54) is 28.7 Å². The number of thioether (sulfide) groups is 1. The summed E-state index contributed by atoms with van der Waals surface area (Å²) in [6.45, 7) is 2.05. The SMILES string of the molecule is Cc1ccc2nc(SCc3noc(CCC(=O)Nc4nccs4)n3)[nH]c2c1. The third-order valence-electron chi connectivity index (χ3n) is 3.71. The van der Waals surface area contributed by atoms with Crippen LogP contribution in [0, 0.1) is 6.92 Å². The Labute approximate surface area is 162 Å². The van der Waals surface area contributed by atoms with Gasteiger partial charge in [0.15, 0.2) is 16.1 Å². The van der Waals surface area contributed by atoms with Crippen molar-refractivity contribution in [2.24, 2.45) is 0 Å².